The Balaban J connectivity index is 1.38. The number of hydrogen-bond acceptors (Lipinski definition) is 7. The lowest BCUT2D eigenvalue weighted by atomic mass is 10.1. The highest BCUT2D eigenvalue weighted by molar-refractivity contribution is 7.21. The van der Waals surface area contributed by atoms with E-state index in [0.29, 0.717) is 34.4 Å². The van der Waals surface area contributed by atoms with Gasteiger partial charge in [0.15, 0.2) is 18.1 Å². The number of nitrogens with one attached hydrogen (secondary N) is 2. The van der Waals surface area contributed by atoms with Crippen LogP contribution in [0.15, 0.2) is 42.5 Å². The molecule has 2 aromatic carbocycles. The highest BCUT2D eigenvalue weighted by Gasteiger charge is 2.18. The minimum absolute atomic E-state index is 0.318. The van der Waals surface area contributed by atoms with Crippen molar-refractivity contribution in [1.29, 1.82) is 0 Å². The number of rotatable bonds is 10. The summed E-state index contributed by atoms with van der Waals surface area (Å²) in [7, 11) is 3.11. The van der Waals surface area contributed by atoms with E-state index in [2.05, 4.69) is 10.6 Å². The van der Waals surface area contributed by atoms with E-state index in [9.17, 15) is 14.4 Å². The molecule has 0 atom stereocenters. The Morgan fingerprint density at radius 2 is 1.76 bits per heavy atom. The van der Waals surface area contributed by atoms with Crippen LogP contribution in [-0.4, -0.2) is 51.7 Å². The van der Waals surface area contributed by atoms with Gasteiger partial charge in [0.05, 0.1) is 19.2 Å². The number of hydrogen-bond donors (Lipinski definition) is 2. The monoisotopic (exact) mass is 490 g/mol. The van der Waals surface area contributed by atoms with E-state index in [0.717, 1.165) is 15.6 Å². The van der Waals surface area contributed by atoms with Gasteiger partial charge in [0, 0.05) is 16.6 Å². The molecule has 0 spiro atoms. The molecule has 1 aromatic heterocycles. The van der Waals surface area contributed by atoms with Crippen LogP contribution in [0, 0.1) is 0 Å². The van der Waals surface area contributed by atoms with E-state index in [1.54, 1.807) is 20.3 Å². The zero-order chi connectivity index (χ0) is 23.8. The molecule has 2 amide bonds. The lowest BCUT2D eigenvalue weighted by molar-refractivity contribution is -0.147. The third-order valence-corrected chi connectivity index (χ3v) is 6.36. The average Bonchev–Trinajstić information content (AvgIpc) is 3.17. The highest BCUT2D eigenvalue weighted by Crippen LogP contribution is 2.34. The lowest BCUT2D eigenvalue weighted by Crippen LogP contribution is -2.34. The molecule has 0 aliphatic rings. The van der Waals surface area contributed by atoms with Gasteiger partial charge in [-0.15, -0.1) is 11.3 Å². The molecule has 3 aromatic rings. The Hall–Kier alpha value is -3.30. The van der Waals surface area contributed by atoms with Crippen LogP contribution in [0.2, 0.25) is 5.02 Å². The third kappa shape index (κ3) is 6.36. The summed E-state index contributed by atoms with van der Waals surface area (Å²) >= 11 is 7.50. The van der Waals surface area contributed by atoms with E-state index in [-0.39, 0.29) is 6.54 Å². The first-order valence-corrected chi connectivity index (χ1v) is 11.2. The Kier molecular flexibility index (Phi) is 8.51. The molecule has 0 bridgehead atoms. The molecule has 33 heavy (non-hydrogen) atoms. The number of benzene rings is 2. The van der Waals surface area contributed by atoms with Crippen LogP contribution in [0.5, 0.6) is 11.5 Å². The maximum atomic E-state index is 12.4. The van der Waals surface area contributed by atoms with Crippen molar-refractivity contribution in [2.45, 2.75) is 6.42 Å². The SMILES string of the molecule is COc1ccc(CCNC(=O)COC(=O)CNC(=O)c2sc3ccccc3c2Cl)cc1OC. The number of carbonyl (C=O) groups excluding carboxylic acids is 3. The number of halogens is 1. The van der Waals surface area contributed by atoms with Gasteiger partial charge in [-0.1, -0.05) is 35.9 Å². The summed E-state index contributed by atoms with van der Waals surface area (Å²) in [6, 6.07) is 12.9. The zero-order valence-corrected chi connectivity index (χ0v) is 19.7. The molecule has 0 aliphatic carbocycles. The normalized spacial score (nSPS) is 10.5. The van der Waals surface area contributed by atoms with Crippen molar-refractivity contribution in [1.82, 2.24) is 10.6 Å². The molecule has 10 heteroatoms. The zero-order valence-electron chi connectivity index (χ0n) is 18.1. The van der Waals surface area contributed by atoms with Crippen LogP contribution < -0.4 is 20.1 Å². The summed E-state index contributed by atoms with van der Waals surface area (Å²) in [5.74, 6) is -0.413. The van der Waals surface area contributed by atoms with Gasteiger partial charge in [-0.2, -0.15) is 0 Å². The van der Waals surface area contributed by atoms with Crippen LogP contribution in [0.25, 0.3) is 10.1 Å². The lowest BCUT2D eigenvalue weighted by Gasteiger charge is -2.10. The second-order valence-electron chi connectivity index (χ2n) is 6.87. The first-order valence-electron chi connectivity index (χ1n) is 10.0. The highest BCUT2D eigenvalue weighted by atomic mass is 35.5. The van der Waals surface area contributed by atoms with E-state index < -0.39 is 24.4 Å². The summed E-state index contributed by atoms with van der Waals surface area (Å²) < 4.78 is 16.2. The minimum Gasteiger partial charge on any atom is -0.493 e. The molecule has 0 saturated carbocycles. The summed E-state index contributed by atoms with van der Waals surface area (Å²) in [5.41, 5.74) is 0.951. The summed E-state index contributed by atoms with van der Waals surface area (Å²) in [6.45, 7) is -0.459. The molecule has 0 radical (unpaired) electrons. The molecular formula is C23H23ClN2O6S. The summed E-state index contributed by atoms with van der Waals surface area (Å²) in [5, 5.41) is 6.26. The van der Waals surface area contributed by atoms with E-state index in [1.165, 1.54) is 11.3 Å². The first-order chi connectivity index (χ1) is 15.9. The van der Waals surface area contributed by atoms with Crippen LogP contribution in [0.1, 0.15) is 15.2 Å². The Morgan fingerprint density at radius 1 is 1.00 bits per heavy atom. The van der Waals surface area contributed by atoms with Crippen molar-refractivity contribution < 1.29 is 28.6 Å². The standard InChI is InChI=1S/C23H23ClN2O6S/c1-30-16-8-7-14(11-17(16)31-2)9-10-25-19(27)13-32-20(28)12-26-23(29)22-21(24)15-5-3-4-6-18(15)33-22/h3-8,11H,9-10,12-13H2,1-2H3,(H,25,27)(H,26,29). The van der Waals surface area contributed by atoms with Crippen LogP contribution in [0.4, 0.5) is 0 Å². The fraction of sp³-hybridized carbons (Fsp3) is 0.261. The molecule has 0 fully saturated rings. The molecule has 0 aliphatic heterocycles. The van der Waals surface area contributed by atoms with Gasteiger partial charge in [0.1, 0.15) is 11.4 Å². The van der Waals surface area contributed by atoms with Crippen molar-refractivity contribution in [3.8, 4) is 11.5 Å². The second kappa shape index (κ2) is 11.5. The predicted molar refractivity (Wildman–Crippen MR) is 126 cm³/mol. The molecule has 0 unspecified atom stereocenters. The fourth-order valence-electron chi connectivity index (χ4n) is 3.02. The Labute approximate surface area is 199 Å². The van der Waals surface area contributed by atoms with Gasteiger partial charge in [0.25, 0.3) is 11.8 Å². The Morgan fingerprint density at radius 3 is 2.48 bits per heavy atom. The topological polar surface area (TPSA) is 103 Å². The van der Waals surface area contributed by atoms with Gasteiger partial charge in [-0.3, -0.25) is 14.4 Å². The molecule has 174 valence electrons. The minimum atomic E-state index is -0.726. The number of thiophene rings is 1. The van der Waals surface area contributed by atoms with Gasteiger partial charge >= 0.3 is 5.97 Å². The molecule has 0 saturated heterocycles. The van der Waals surface area contributed by atoms with Crippen molar-refractivity contribution in [3.05, 3.63) is 57.9 Å². The average molecular weight is 491 g/mol. The van der Waals surface area contributed by atoms with E-state index in [1.807, 2.05) is 36.4 Å². The van der Waals surface area contributed by atoms with E-state index >= 15 is 0 Å². The number of amides is 2. The molecular weight excluding hydrogens is 468 g/mol. The molecule has 2 N–H and O–H groups in total. The van der Waals surface area contributed by atoms with Gasteiger partial charge in [0.2, 0.25) is 0 Å². The largest absolute Gasteiger partial charge is 0.493 e. The number of methoxy groups -OCH3 is 2. The van der Waals surface area contributed by atoms with Crippen LogP contribution in [0.3, 0.4) is 0 Å². The third-order valence-electron chi connectivity index (χ3n) is 4.68. The van der Waals surface area contributed by atoms with Crippen LogP contribution >= 0.6 is 22.9 Å². The first kappa shape index (κ1) is 24.3. The molecule has 8 nitrogen and oxygen atoms in total. The summed E-state index contributed by atoms with van der Waals surface area (Å²) in [4.78, 5) is 36.5. The van der Waals surface area contributed by atoms with Gasteiger partial charge in [-0.25, -0.2) is 0 Å². The number of esters is 1. The molecule has 1 heterocycles. The molecule has 3 rings (SSSR count). The maximum absolute atomic E-state index is 12.4. The van der Waals surface area contributed by atoms with Crippen molar-refractivity contribution in [2.24, 2.45) is 0 Å². The quantitative estimate of drug-likeness (QED) is 0.423. The number of ether oxygens (including phenoxy) is 3. The van der Waals surface area contributed by atoms with Crippen LogP contribution in [-0.2, 0) is 20.7 Å². The van der Waals surface area contributed by atoms with Crippen molar-refractivity contribution in [2.75, 3.05) is 33.9 Å². The number of fused-ring (bicyclic) bond motifs is 1. The number of carbonyl (C=O) groups is 3. The smallest absolute Gasteiger partial charge is 0.325 e. The maximum Gasteiger partial charge on any atom is 0.325 e. The van der Waals surface area contributed by atoms with Gasteiger partial charge < -0.3 is 24.8 Å². The summed E-state index contributed by atoms with van der Waals surface area (Å²) in [6.07, 6.45) is 0.562. The second-order valence-corrected chi connectivity index (χ2v) is 8.30. The van der Waals surface area contributed by atoms with E-state index in [4.69, 9.17) is 25.8 Å². The van der Waals surface area contributed by atoms with Crippen molar-refractivity contribution in [3.63, 3.8) is 0 Å². The fourth-order valence-corrected chi connectivity index (χ4v) is 4.46. The predicted octanol–water partition coefficient (Wildman–Crippen LogP) is 3.20. The van der Waals surface area contributed by atoms with Gasteiger partial charge in [-0.05, 0) is 30.2 Å². The van der Waals surface area contributed by atoms with Crippen molar-refractivity contribution >= 4 is 50.8 Å². The Bertz CT molecular complexity index is 1160.